The molecular weight excluding hydrogens is 770 g/mol. The van der Waals surface area contributed by atoms with Crippen molar-refractivity contribution in [3.63, 3.8) is 0 Å². The zero-order valence-electron chi connectivity index (χ0n) is 27.1. The van der Waals surface area contributed by atoms with Gasteiger partial charge in [0.25, 0.3) is 0 Å². The second-order valence-corrected chi connectivity index (χ2v) is 13.5. The van der Waals surface area contributed by atoms with Gasteiger partial charge in [0.05, 0.1) is 0 Å². The van der Waals surface area contributed by atoms with Crippen LogP contribution in [0.3, 0.4) is 0 Å². The van der Waals surface area contributed by atoms with E-state index in [0.29, 0.717) is 11.5 Å². The summed E-state index contributed by atoms with van der Waals surface area (Å²) in [4.78, 5) is 9.26. The minimum Gasteiger partial charge on any atom is -0.509 e. The van der Waals surface area contributed by atoms with E-state index in [1.165, 1.54) is 33.3 Å². The molecule has 48 heavy (non-hydrogen) atoms. The van der Waals surface area contributed by atoms with Crippen LogP contribution in [0.25, 0.3) is 27.6 Å². The summed E-state index contributed by atoms with van der Waals surface area (Å²) in [6.45, 7) is 8.92. The van der Waals surface area contributed by atoms with Crippen molar-refractivity contribution < 1.29 is 25.8 Å². The van der Waals surface area contributed by atoms with Crippen LogP contribution in [0.5, 0.6) is 11.5 Å². The van der Waals surface area contributed by atoms with E-state index in [2.05, 4.69) is 158 Å². The smallest absolute Gasteiger partial charge is 0.180 e. The zero-order chi connectivity index (χ0) is 31.9. The Balaban J connectivity index is 0.00000336. The second kappa shape index (κ2) is 11.4. The molecule has 0 unspecified atom stereocenters. The largest absolute Gasteiger partial charge is 0.509 e. The van der Waals surface area contributed by atoms with Crippen LogP contribution in [0.2, 0.25) is 0 Å². The summed E-state index contributed by atoms with van der Waals surface area (Å²) in [7, 11) is 2.10. The number of rotatable bonds is 4. The molecule has 0 fully saturated rings. The Morgan fingerprint density at radius 1 is 0.771 bits per heavy atom. The van der Waals surface area contributed by atoms with Gasteiger partial charge in [-0.2, -0.15) is 18.8 Å². The summed E-state index contributed by atoms with van der Waals surface area (Å²) in [5.41, 5.74) is 10.4. The molecule has 0 bridgehead atoms. The van der Waals surface area contributed by atoms with Gasteiger partial charge in [-0.25, -0.2) is 4.98 Å². The molecule has 2 aromatic heterocycles. The molecule has 0 saturated heterocycles. The maximum atomic E-state index is 6.58. The number of hydrogen-bond donors (Lipinski definition) is 0. The van der Waals surface area contributed by atoms with Crippen LogP contribution >= 0.6 is 0 Å². The van der Waals surface area contributed by atoms with E-state index < -0.39 is 0 Å². The van der Waals surface area contributed by atoms with Crippen LogP contribution in [0.4, 0.5) is 17.1 Å². The average Bonchev–Trinajstić information content (AvgIpc) is 3.60. The van der Waals surface area contributed by atoms with Crippen molar-refractivity contribution in [2.45, 2.75) is 26.2 Å². The number of para-hydroxylation sites is 2. The van der Waals surface area contributed by atoms with Crippen molar-refractivity contribution in [2.75, 3.05) is 16.8 Å². The Bertz CT molecular complexity index is 2350. The molecule has 0 spiro atoms. The molecule has 0 amide bonds. The Morgan fingerprint density at radius 3 is 2.38 bits per heavy atom. The number of nitrogens with zero attached hydrogens (tertiary/aromatic N) is 4. The van der Waals surface area contributed by atoms with Crippen LogP contribution in [0.1, 0.15) is 26.3 Å². The maximum Gasteiger partial charge on any atom is 0.180 e. The van der Waals surface area contributed by atoms with Crippen molar-refractivity contribution in [3.05, 3.63) is 140 Å². The van der Waals surface area contributed by atoms with Crippen molar-refractivity contribution in [1.29, 1.82) is 0 Å². The van der Waals surface area contributed by atoms with Crippen molar-refractivity contribution in [3.8, 4) is 17.3 Å². The second-order valence-electron chi connectivity index (χ2n) is 13.5. The van der Waals surface area contributed by atoms with E-state index in [-0.39, 0.29) is 33.2 Å². The van der Waals surface area contributed by atoms with Crippen LogP contribution in [-0.4, -0.2) is 23.3 Å². The van der Waals surface area contributed by atoms with Gasteiger partial charge in [-0.15, -0.1) is 40.8 Å². The molecule has 0 atom stereocenters. The predicted molar refractivity (Wildman–Crippen MR) is 194 cm³/mol. The van der Waals surface area contributed by atoms with E-state index >= 15 is 0 Å². The van der Waals surface area contributed by atoms with Crippen LogP contribution in [0, 0.1) is 18.8 Å². The SMILES string of the molecule is CN1[CH-]N2c3[c-]c(Oc4[c-]c5c(cc4)c4ccccc4n5-c4cc(C(C)(C)C)ccn4)ccc3B(c3ccccc3)c3cccc1c32.[Pt]. The summed E-state index contributed by atoms with van der Waals surface area (Å²) < 4.78 is 8.78. The molecule has 238 valence electrons. The molecule has 9 rings (SSSR count). The molecular formula is C41H32BN4OPt-3. The topological polar surface area (TPSA) is 33.5 Å². The van der Waals surface area contributed by atoms with Gasteiger partial charge < -0.3 is 19.1 Å². The summed E-state index contributed by atoms with van der Waals surface area (Å²) >= 11 is 0. The summed E-state index contributed by atoms with van der Waals surface area (Å²) in [5.74, 6) is 2.14. The third kappa shape index (κ3) is 4.77. The molecule has 2 aliphatic rings. The number of pyridine rings is 1. The minimum atomic E-state index is -0.000900. The van der Waals surface area contributed by atoms with Crippen LogP contribution in [-0.2, 0) is 26.5 Å². The van der Waals surface area contributed by atoms with Gasteiger partial charge in [-0.3, -0.25) is 0 Å². The molecule has 5 nitrogen and oxygen atoms in total. The third-order valence-electron chi connectivity index (χ3n) is 9.50. The number of aromatic nitrogens is 2. The van der Waals surface area contributed by atoms with Crippen LogP contribution < -0.4 is 30.9 Å². The van der Waals surface area contributed by atoms with Crippen molar-refractivity contribution in [1.82, 2.24) is 9.55 Å². The number of benzene rings is 5. The number of anilines is 3. The van der Waals surface area contributed by atoms with Gasteiger partial charge in [0, 0.05) is 55.7 Å². The average molecular weight is 803 g/mol. The van der Waals surface area contributed by atoms with Crippen molar-refractivity contribution in [2.24, 2.45) is 0 Å². The fraction of sp³-hybridized carbons (Fsp3) is 0.122. The number of ether oxygens (including phenoxy) is 1. The van der Waals surface area contributed by atoms with E-state index in [4.69, 9.17) is 9.72 Å². The monoisotopic (exact) mass is 802 g/mol. The molecule has 2 aliphatic heterocycles. The van der Waals surface area contributed by atoms with Gasteiger partial charge in [-0.05, 0) is 47.7 Å². The first-order chi connectivity index (χ1) is 22.8. The van der Waals surface area contributed by atoms with E-state index in [0.717, 1.165) is 33.3 Å². The Labute approximate surface area is 296 Å². The minimum absolute atomic E-state index is 0. The zero-order valence-corrected chi connectivity index (χ0v) is 29.4. The number of hydrogen-bond acceptors (Lipinski definition) is 4. The van der Waals surface area contributed by atoms with E-state index in [9.17, 15) is 0 Å². The Kier molecular flexibility index (Phi) is 7.26. The van der Waals surface area contributed by atoms with Gasteiger partial charge >= 0.3 is 0 Å². The van der Waals surface area contributed by atoms with Crippen LogP contribution in [0.15, 0.2) is 115 Å². The normalized spacial score (nSPS) is 13.5. The van der Waals surface area contributed by atoms with E-state index in [1.54, 1.807) is 0 Å². The third-order valence-corrected chi connectivity index (χ3v) is 9.50. The Morgan fingerprint density at radius 2 is 1.54 bits per heavy atom. The predicted octanol–water partition coefficient (Wildman–Crippen LogP) is 7.40. The maximum absolute atomic E-state index is 6.58. The first-order valence-corrected chi connectivity index (χ1v) is 16.1. The first kappa shape index (κ1) is 30.5. The summed E-state index contributed by atoms with van der Waals surface area (Å²) in [5, 5.41) is 2.26. The fourth-order valence-electron chi connectivity index (χ4n) is 7.23. The fourth-order valence-corrected chi connectivity index (χ4v) is 7.23. The van der Waals surface area contributed by atoms with E-state index in [1.807, 2.05) is 18.3 Å². The number of fused-ring (bicyclic) bond motifs is 5. The standard InChI is InChI=1S/C41H32BN4O.Pt/c1-41(2,3)27-21-22-43-39(23-27)46-35-15-9-8-13-31(35)32-19-17-29(24-37(32)46)47-30-18-20-33-38(25-30)45-26-44(4)36-16-10-14-34(40(36)45)42(33)28-11-6-5-7-12-28;/h5-23,26H,1-4H3;/q-3;. The van der Waals surface area contributed by atoms with Gasteiger partial charge in [0.15, 0.2) is 6.71 Å². The van der Waals surface area contributed by atoms with Crippen molar-refractivity contribution >= 4 is 62.0 Å². The molecule has 4 heterocycles. The molecule has 0 N–H and O–H groups in total. The van der Waals surface area contributed by atoms with Gasteiger partial charge in [-0.1, -0.05) is 97.9 Å². The molecule has 7 heteroatoms. The Hall–Kier alpha value is -4.80. The van der Waals surface area contributed by atoms with Gasteiger partial charge in [0.1, 0.15) is 5.82 Å². The van der Waals surface area contributed by atoms with Gasteiger partial charge in [0.2, 0.25) is 0 Å². The quantitative estimate of drug-likeness (QED) is 0.137. The molecule has 7 aromatic rings. The summed E-state index contributed by atoms with van der Waals surface area (Å²) in [6, 6.07) is 45.7. The molecule has 5 aromatic carbocycles. The molecule has 0 radical (unpaired) electrons. The molecule has 0 aliphatic carbocycles. The first-order valence-electron chi connectivity index (χ1n) is 16.1. The molecule has 0 saturated carbocycles. The summed E-state index contributed by atoms with van der Waals surface area (Å²) in [6.07, 6.45) is 1.90.